The number of carbonyl (C=O) groups is 3. The molecule has 3 aromatic carbocycles. The molecule has 158 valence electrons. The summed E-state index contributed by atoms with van der Waals surface area (Å²) in [4.78, 5) is 40.5. The van der Waals surface area contributed by atoms with Crippen molar-refractivity contribution in [3.05, 3.63) is 95.1 Å². The Morgan fingerprint density at radius 3 is 1.91 bits per heavy atom. The van der Waals surface area contributed by atoms with Crippen LogP contribution in [0.1, 0.15) is 47.9 Å². The summed E-state index contributed by atoms with van der Waals surface area (Å²) in [5.41, 5.74) is 4.94. The molecule has 3 aliphatic carbocycles. The molecule has 0 radical (unpaired) electrons. The first-order valence-corrected chi connectivity index (χ1v) is 10.9. The standard InChI is InChI=1S/C27H22N2O3/c1-15(30)28-16-11-13-17(14-12-16)29-25(31)24-22-18-7-3-5-9-20(18)23(27(24,2)26(29)32)21-10-6-4-8-19(21)22/h3-14,22-24H,1-2H3,(H,28,30)/t22?,23?,24-,27-/m1/s1. The van der Waals surface area contributed by atoms with Crippen LogP contribution in [0.2, 0.25) is 0 Å². The van der Waals surface area contributed by atoms with Gasteiger partial charge < -0.3 is 5.32 Å². The third kappa shape index (κ3) is 2.25. The first-order valence-electron chi connectivity index (χ1n) is 10.9. The minimum atomic E-state index is -0.846. The summed E-state index contributed by atoms with van der Waals surface area (Å²) in [5.74, 6) is -1.22. The molecule has 0 unspecified atom stereocenters. The molecule has 2 bridgehead atoms. The molecule has 7 rings (SSSR count). The molecular formula is C27H22N2O3. The number of carbonyl (C=O) groups excluding carboxylic acids is 3. The zero-order valence-electron chi connectivity index (χ0n) is 17.8. The second-order valence-electron chi connectivity index (χ2n) is 9.14. The molecule has 5 nitrogen and oxygen atoms in total. The van der Waals surface area contributed by atoms with Crippen LogP contribution in [0.25, 0.3) is 0 Å². The van der Waals surface area contributed by atoms with Crippen molar-refractivity contribution in [1.82, 2.24) is 0 Å². The highest BCUT2D eigenvalue weighted by Gasteiger charge is 2.68. The SMILES string of the molecule is CC(=O)Nc1ccc(N2C(=O)[C@H]3C4c5ccccc5C(c5ccccc54)[C@@]3(C)C2=O)cc1. The van der Waals surface area contributed by atoms with E-state index in [-0.39, 0.29) is 29.6 Å². The van der Waals surface area contributed by atoms with Gasteiger partial charge in [0, 0.05) is 24.4 Å². The molecule has 0 saturated carbocycles. The van der Waals surface area contributed by atoms with E-state index in [0.717, 1.165) is 22.3 Å². The number of nitrogens with zero attached hydrogens (tertiary/aromatic N) is 1. The maximum absolute atomic E-state index is 14.0. The van der Waals surface area contributed by atoms with Crippen LogP contribution in [0.15, 0.2) is 72.8 Å². The van der Waals surface area contributed by atoms with Gasteiger partial charge in [-0.2, -0.15) is 0 Å². The minimum absolute atomic E-state index is 0.141. The van der Waals surface area contributed by atoms with Crippen LogP contribution in [-0.2, 0) is 14.4 Å². The van der Waals surface area contributed by atoms with Crippen molar-refractivity contribution in [3.63, 3.8) is 0 Å². The van der Waals surface area contributed by atoms with E-state index in [1.54, 1.807) is 24.3 Å². The molecule has 1 saturated heterocycles. The summed E-state index contributed by atoms with van der Waals surface area (Å²) >= 11 is 0. The average molecular weight is 422 g/mol. The molecule has 1 fully saturated rings. The van der Waals surface area contributed by atoms with E-state index in [0.29, 0.717) is 11.4 Å². The third-order valence-electron chi connectivity index (χ3n) is 7.46. The van der Waals surface area contributed by atoms with Crippen LogP contribution in [0.5, 0.6) is 0 Å². The number of hydrogen-bond acceptors (Lipinski definition) is 3. The van der Waals surface area contributed by atoms with Crippen molar-refractivity contribution < 1.29 is 14.4 Å². The fourth-order valence-electron chi connectivity index (χ4n) is 6.26. The monoisotopic (exact) mass is 422 g/mol. The highest BCUT2D eigenvalue weighted by atomic mass is 16.2. The predicted octanol–water partition coefficient (Wildman–Crippen LogP) is 4.43. The van der Waals surface area contributed by atoms with Gasteiger partial charge in [-0.05, 0) is 53.4 Å². The number of amides is 3. The highest BCUT2D eigenvalue weighted by molar-refractivity contribution is 6.25. The smallest absolute Gasteiger partial charge is 0.241 e. The van der Waals surface area contributed by atoms with E-state index >= 15 is 0 Å². The first kappa shape index (κ1) is 19.0. The molecule has 4 aliphatic rings. The summed E-state index contributed by atoms with van der Waals surface area (Å²) in [6.07, 6.45) is 0. The summed E-state index contributed by atoms with van der Waals surface area (Å²) in [6, 6.07) is 23.4. The molecule has 1 N–H and O–H groups in total. The van der Waals surface area contributed by atoms with Gasteiger partial charge in [0.2, 0.25) is 17.7 Å². The Morgan fingerprint density at radius 1 is 0.844 bits per heavy atom. The van der Waals surface area contributed by atoms with E-state index in [9.17, 15) is 14.4 Å². The van der Waals surface area contributed by atoms with E-state index in [1.165, 1.54) is 11.8 Å². The Kier molecular flexibility index (Phi) is 3.79. The van der Waals surface area contributed by atoms with Crippen molar-refractivity contribution in [2.24, 2.45) is 11.3 Å². The Morgan fingerprint density at radius 2 is 1.38 bits per heavy atom. The van der Waals surface area contributed by atoms with Crippen LogP contribution in [-0.4, -0.2) is 17.7 Å². The maximum atomic E-state index is 14.0. The molecule has 3 amide bonds. The molecule has 32 heavy (non-hydrogen) atoms. The fraction of sp³-hybridized carbons (Fsp3) is 0.222. The van der Waals surface area contributed by atoms with Gasteiger partial charge in [-0.3, -0.25) is 14.4 Å². The summed E-state index contributed by atoms with van der Waals surface area (Å²) < 4.78 is 0. The summed E-state index contributed by atoms with van der Waals surface area (Å²) in [5, 5.41) is 2.72. The van der Waals surface area contributed by atoms with Gasteiger partial charge in [-0.15, -0.1) is 0 Å². The van der Waals surface area contributed by atoms with E-state index < -0.39 is 11.3 Å². The van der Waals surface area contributed by atoms with Gasteiger partial charge in [0.1, 0.15) is 0 Å². The van der Waals surface area contributed by atoms with Crippen LogP contribution in [0.3, 0.4) is 0 Å². The van der Waals surface area contributed by atoms with Gasteiger partial charge in [0.05, 0.1) is 17.0 Å². The number of imide groups is 1. The van der Waals surface area contributed by atoms with Crippen molar-refractivity contribution >= 4 is 29.1 Å². The van der Waals surface area contributed by atoms with Crippen LogP contribution in [0.4, 0.5) is 11.4 Å². The van der Waals surface area contributed by atoms with Gasteiger partial charge in [-0.1, -0.05) is 48.5 Å². The normalized spacial score (nSPS) is 27.1. The maximum Gasteiger partial charge on any atom is 0.241 e. The molecule has 2 atom stereocenters. The number of anilines is 2. The molecule has 0 spiro atoms. The Bertz CT molecular complexity index is 1260. The quantitative estimate of drug-likeness (QED) is 0.621. The van der Waals surface area contributed by atoms with Gasteiger partial charge in [0.25, 0.3) is 0 Å². The lowest BCUT2D eigenvalue weighted by Crippen LogP contribution is -2.49. The second kappa shape index (κ2) is 6.39. The van der Waals surface area contributed by atoms with Crippen LogP contribution >= 0.6 is 0 Å². The molecule has 1 heterocycles. The molecule has 5 heteroatoms. The van der Waals surface area contributed by atoms with Crippen molar-refractivity contribution in [3.8, 4) is 0 Å². The number of benzene rings is 3. The minimum Gasteiger partial charge on any atom is -0.326 e. The Balaban J connectivity index is 1.51. The highest BCUT2D eigenvalue weighted by Crippen LogP contribution is 2.67. The summed E-state index contributed by atoms with van der Waals surface area (Å²) in [7, 11) is 0. The number of hydrogen-bond donors (Lipinski definition) is 1. The van der Waals surface area contributed by atoms with Crippen molar-refractivity contribution in [1.29, 1.82) is 0 Å². The second-order valence-corrected chi connectivity index (χ2v) is 9.14. The van der Waals surface area contributed by atoms with Crippen LogP contribution in [0, 0.1) is 11.3 Å². The average Bonchev–Trinajstić information content (AvgIpc) is 3.00. The Labute approximate surface area is 186 Å². The third-order valence-corrected chi connectivity index (χ3v) is 7.46. The van der Waals surface area contributed by atoms with Gasteiger partial charge >= 0.3 is 0 Å². The van der Waals surface area contributed by atoms with Crippen LogP contribution < -0.4 is 10.2 Å². The molecule has 3 aromatic rings. The van der Waals surface area contributed by atoms with E-state index in [4.69, 9.17) is 0 Å². The summed E-state index contributed by atoms with van der Waals surface area (Å²) in [6.45, 7) is 3.41. The lowest BCUT2D eigenvalue weighted by Gasteiger charge is -2.51. The lowest BCUT2D eigenvalue weighted by molar-refractivity contribution is -0.128. The van der Waals surface area contributed by atoms with Gasteiger partial charge in [-0.25, -0.2) is 4.90 Å². The van der Waals surface area contributed by atoms with E-state index in [2.05, 4.69) is 29.6 Å². The molecular weight excluding hydrogens is 400 g/mol. The predicted molar refractivity (Wildman–Crippen MR) is 121 cm³/mol. The zero-order chi connectivity index (χ0) is 22.2. The van der Waals surface area contributed by atoms with Gasteiger partial charge in [0.15, 0.2) is 0 Å². The number of rotatable bonds is 2. The number of nitrogens with one attached hydrogen (secondary N) is 1. The largest absolute Gasteiger partial charge is 0.326 e. The van der Waals surface area contributed by atoms with Crippen molar-refractivity contribution in [2.45, 2.75) is 25.7 Å². The molecule has 1 aliphatic heterocycles. The lowest BCUT2D eigenvalue weighted by atomic mass is 9.48. The van der Waals surface area contributed by atoms with E-state index in [1.807, 2.05) is 31.2 Å². The van der Waals surface area contributed by atoms with Crippen molar-refractivity contribution in [2.75, 3.05) is 10.2 Å². The Hall–Kier alpha value is -3.73. The first-order chi connectivity index (χ1) is 15.4. The zero-order valence-corrected chi connectivity index (χ0v) is 17.8. The molecule has 0 aromatic heterocycles. The topological polar surface area (TPSA) is 66.5 Å². The fourth-order valence-corrected chi connectivity index (χ4v) is 6.26.